The number of hydrogen-bond acceptors (Lipinski definition) is 2. The molecular weight excluding hydrogens is 260 g/mol. The predicted molar refractivity (Wildman–Crippen MR) is 61.0 cm³/mol. The molecule has 3 nitrogen and oxygen atoms in total. The molecule has 0 aromatic heterocycles. The first kappa shape index (κ1) is 12.0. The van der Waals surface area contributed by atoms with Gasteiger partial charge < -0.3 is 10.2 Å². The molecule has 82 valence electrons. The maximum atomic E-state index is 10.3. The third-order valence-corrected chi connectivity index (χ3v) is 2.75. The van der Waals surface area contributed by atoms with E-state index in [1.165, 1.54) is 0 Å². The van der Waals surface area contributed by atoms with Crippen molar-refractivity contribution in [1.82, 2.24) is 0 Å². The Bertz CT molecular complexity index is 350. The highest BCUT2D eigenvalue weighted by atomic mass is 79.9. The first-order valence-electron chi connectivity index (χ1n) is 4.79. The predicted octanol–water partition coefficient (Wildman–Crippen LogP) is 2.95. The molecule has 15 heavy (non-hydrogen) atoms. The van der Waals surface area contributed by atoms with Crippen molar-refractivity contribution < 1.29 is 15.0 Å². The van der Waals surface area contributed by atoms with Gasteiger partial charge >= 0.3 is 5.97 Å². The summed E-state index contributed by atoms with van der Waals surface area (Å²) in [5.41, 5.74) is 1.10. The van der Waals surface area contributed by atoms with Crippen molar-refractivity contribution >= 4 is 21.9 Å². The number of phenols is 1. The first-order valence-corrected chi connectivity index (χ1v) is 5.58. The van der Waals surface area contributed by atoms with Crippen molar-refractivity contribution in [3.8, 4) is 5.75 Å². The van der Waals surface area contributed by atoms with Crippen LogP contribution in [0.5, 0.6) is 5.75 Å². The lowest BCUT2D eigenvalue weighted by atomic mass is 10.1. The number of carboxylic acid groups (broad SMARTS) is 1. The van der Waals surface area contributed by atoms with Gasteiger partial charge in [-0.25, -0.2) is 0 Å². The Morgan fingerprint density at radius 1 is 1.33 bits per heavy atom. The van der Waals surface area contributed by atoms with E-state index in [9.17, 15) is 9.90 Å². The summed E-state index contributed by atoms with van der Waals surface area (Å²) in [5.74, 6) is -0.522. The fraction of sp³-hybridized carbons (Fsp3) is 0.364. The molecule has 2 N–H and O–H groups in total. The van der Waals surface area contributed by atoms with E-state index in [0.29, 0.717) is 10.9 Å². The van der Waals surface area contributed by atoms with Gasteiger partial charge in [0.25, 0.3) is 0 Å². The maximum Gasteiger partial charge on any atom is 0.303 e. The summed E-state index contributed by atoms with van der Waals surface area (Å²) in [6.45, 7) is 0. The van der Waals surface area contributed by atoms with Gasteiger partial charge in [0.05, 0.1) is 4.47 Å². The molecule has 0 saturated carbocycles. The number of halogens is 1. The van der Waals surface area contributed by atoms with Crippen LogP contribution in [0.15, 0.2) is 22.7 Å². The third-order valence-electron chi connectivity index (χ3n) is 2.12. The number of benzene rings is 1. The molecule has 1 aromatic rings. The Kier molecular flexibility index (Phi) is 4.62. The summed E-state index contributed by atoms with van der Waals surface area (Å²) >= 11 is 3.23. The molecule has 0 amide bonds. The lowest BCUT2D eigenvalue weighted by Gasteiger charge is -2.02. The zero-order valence-electron chi connectivity index (χ0n) is 8.24. The van der Waals surface area contributed by atoms with Crippen LogP contribution >= 0.6 is 15.9 Å². The number of hydrogen-bond donors (Lipinski definition) is 2. The van der Waals surface area contributed by atoms with Gasteiger partial charge in [-0.15, -0.1) is 0 Å². The standard InChI is InChI=1S/C11H13BrO3/c12-9-7-8(5-6-10(9)13)3-1-2-4-11(14)15/h5-7,13H,1-4H2,(H,14,15). The lowest BCUT2D eigenvalue weighted by molar-refractivity contribution is -0.137. The molecule has 0 aliphatic heterocycles. The normalized spacial score (nSPS) is 10.2. The van der Waals surface area contributed by atoms with Gasteiger partial charge in [-0.2, -0.15) is 0 Å². The molecular formula is C11H13BrO3. The number of unbranched alkanes of at least 4 members (excludes halogenated alkanes) is 1. The van der Waals surface area contributed by atoms with Gasteiger partial charge in [0, 0.05) is 6.42 Å². The third kappa shape index (κ3) is 4.34. The van der Waals surface area contributed by atoms with Gasteiger partial charge in [-0.05, 0) is 52.9 Å². The van der Waals surface area contributed by atoms with Gasteiger partial charge in [-0.3, -0.25) is 4.79 Å². The monoisotopic (exact) mass is 272 g/mol. The van der Waals surface area contributed by atoms with E-state index < -0.39 is 5.97 Å². The Morgan fingerprint density at radius 3 is 2.67 bits per heavy atom. The highest BCUT2D eigenvalue weighted by Crippen LogP contribution is 2.24. The first-order chi connectivity index (χ1) is 7.09. The molecule has 1 aromatic carbocycles. The number of carboxylic acids is 1. The van der Waals surface area contributed by atoms with Crippen LogP contribution in [0.2, 0.25) is 0 Å². The quantitative estimate of drug-likeness (QED) is 0.811. The van der Waals surface area contributed by atoms with E-state index in [-0.39, 0.29) is 12.2 Å². The number of aromatic hydroxyl groups is 1. The highest BCUT2D eigenvalue weighted by molar-refractivity contribution is 9.10. The molecule has 0 atom stereocenters. The van der Waals surface area contributed by atoms with E-state index >= 15 is 0 Å². The van der Waals surface area contributed by atoms with Gasteiger partial charge in [-0.1, -0.05) is 6.07 Å². The second-order valence-corrected chi connectivity index (χ2v) is 4.24. The second-order valence-electron chi connectivity index (χ2n) is 3.39. The van der Waals surface area contributed by atoms with E-state index in [2.05, 4.69) is 15.9 Å². The summed E-state index contributed by atoms with van der Waals surface area (Å²) in [4.78, 5) is 10.3. The number of phenolic OH excluding ortho intramolecular Hbond substituents is 1. The molecule has 0 fully saturated rings. The number of aryl methyl sites for hydroxylation is 1. The summed E-state index contributed by atoms with van der Waals surface area (Å²) in [6, 6.07) is 5.34. The fourth-order valence-corrected chi connectivity index (χ4v) is 1.74. The smallest absolute Gasteiger partial charge is 0.303 e. The van der Waals surface area contributed by atoms with Crippen LogP contribution in [-0.2, 0) is 11.2 Å². The van der Waals surface area contributed by atoms with Crippen LogP contribution < -0.4 is 0 Å². The van der Waals surface area contributed by atoms with Crippen molar-refractivity contribution in [1.29, 1.82) is 0 Å². The molecule has 0 aliphatic carbocycles. The van der Waals surface area contributed by atoms with Gasteiger partial charge in [0.2, 0.25) is 0 Å². The van der Waals surface area contributed by atoms with Crippen molar-refractivity contribution in [2.75, 3.05) is 0 Å². The van der Waals surface area contributed by atoms with Crippen molar-refractivity contribution in [2.24, 2.45) is 0 Å². The summed E-state index contributed by atoms with van der Waals surface area (Å²) in [5, 5.41) is 17.7. The Balaban J connectivity index is 2.38. The SMILES string of the molecule is O=C(O)CCCCc1ccc(O)c(Br)c1. The fourth-order valence-electron chi connectivity index (χ4n) is 1.31. The van der Waals surface area contributed by atoms with Gasteiger partial charge in [0.1, 0.15) is 5.75 Å². The Hall–Kier alpha value is -1.03. The molecule has 0 radical (unpaired) electrons. The molecule has 0 spiro atoms. The van der Waals surface area contributed by atoms with Crippen LogP contribution in [-0.4, -0.2) is 16.2 Å². The van der Waals surface area contributed by atoms with Crippen molar-refractivity contribution in [3.63, 3.8) is 0 Å². The van der Waals surface area contributed by atoms with Crippen LogP contribution in [0.4, 0.5) is 0 Å². The van der Waals surface area contributed by atoms with Crippen LogP contribution in [0.1, 0.15) is 24.8 Å². The summed E-state index contributed by atoms with van der Waals surface area (Å²) < 4.78 is 0.679. The number of aliphatic carboxylic acids is 1. The van der Waals surface area contributed by atoms with E-state index in [1.807, 2.05) is 12.1 Å². The average Bonchev–Trinajstić information content (AvgIpc) is 2.18. The van der Waals surface area contributed by atoms with Crippen LogP contribution in [0.3, 0.4) is 0 Å². The van der Waals surface area contributed by atoms with E-state index in [0.717, 1.165) is 18.4 Å². The average molecular weight is 273 g/mol. The molecule has 0 bridgehead atoms. The number of rotatable bonds is 5. The zero-order valence-corrected chi connectivity index (χ0v) is 9.83. The van der Waals surface area contributed by atoms with Crippen molar-refractivity contribution in [2.45, 2.75) is 25.7 Å². The summed E-state index contributed by atoms with van der Waals surface area (Å²) in [6.07, 6.45) is 2.60. The maximum absolute atomic E-state index is 10.3. The molecule has 0 unspecified atom stereocenters. The Labute approximate surface area is 96.9 Å². The molecule has 0 aliphatic rings. The Morgan fingerprint density at radius 2 is 2.07 bits per heavy atom. The van der Waals surface area contributed by atoms with Crippen LogP contribution in [0.25, 0.3) is 0 Å². The minimum Gasteiger partial charge on any atom is -0.507 e. The minimum atomic E-state index is -0.748. The van der Waals surface area contributed by atoms with E-state index in [1.54, 1.807) is 6.07 Å². The largest absolute Gasteiger partial charge is 0.507 e. The zero-order chi connectivity index (χ0) is 11.3. The van der Waals surface area contributed by atoms with Crippen LogP contribution in [0, 0.1) is 0 Å². The highest BCUT2D eigenvalue weighted by Gasteiger charge is 2.01. The topological polar surface area (TPSA) is 57.5 Å². The second kappa shape index (κ2) is 5.75. The number of carbonyl (C=O) groups is 1. The van der Waals surface area contributed by atoms with Crippen molar-refractivity contribution in [3.05, 3.63) is 28.2 Å². The molecule has 4 heteroatoms. The molecule has 0 saturated heterocycles. The van der Waals surface area contributed by atoms with Gasteiger partial charge in [0.15, 0.2) is 0 Å². The molecule has 0 heterocycles. The lowest BCUT2D eigenvalue weighted by Crippen LogP contribution is -1.94. The minimum absolute atomic E-state index is 0.221. The summed E-state index contributed by atoms with van der Waals surface area (Å²) in [7, 11) is 0. The van der Waals surface area contributed by atoms with E-state index in [4.69, 9.17) is 5.11 Å². The molecule has 1 rings (SSSR count).